The third-order valence-electron chi connectivity index (χ3n) is 4.33. The Morgan fingerprint density at radius 1 is 1.22 bits per heavy atom. The summed E-state index contributed by atoms with van der Waals surface area (Å²) in [4.78, 5) is 0. The zero-order chi connectivity index (χ0) is 13.3. The topological polar surface area (TPSA) is 12.0 Å². The van der Waals surface area contributed by atoms with Crippen molar-refractivity contribution in [3.63, 3.8) is 0 Å². The van der Waals surface area contributed by atoms with Crippen molar-refractivity contribution < 1.29 is 0 Å². The van der Waals surface area contributed by atoms with Crippen molar-refractivity contribution in [2.24, 2.45) is 11.8 Å². The van der Waals surface area contributed by atoms with E-state index in [1.807, 2.05) is 0 Å². The van der Waals surface area contributed by atoms with Crippen LogP contribution in [0.1, 0.15) is 45.2 Å². The summed E-state index contributed by atoms with van der Waals surface area (Å²) in [5.41, 5.74) is 3.14. The molecule has 1 aromatic rings. The molecular formula is C17H27N. The van der Waals surface area contributed by atoms with Gasteiger partial charge in [0.15, 0.2) is 0 Å². The van der Waals surface area contributed by atoms with Crippen LogP contribution < -0.4 is 5.32 Å². The monoisotopic (exact) mass is 245 g/mol. The van der Waals surface area contributed by atoms with Crippen LogP contribution in [-0.4, -0.2) is 13.1 Å². The van der Waals surface area contributed by atoms with Gasteiger partial charge in [-0.15, -0.1) is 0 Å². The largest absolute Gasteiger partial charge is 0.316 e. The van der Waals surface area contributed by atoms with Gasteiger partial charge in [0, 0.05) is 6.04 Å². The van der Waals surface area contributed by atoms with Gasteiger partial charge < -0.3 is 5.32 Å². The van der Waals surface area contributed by atoms with Crippen molar-refractivity contribution in [3.8, 4) is 0 Å². The second kappa shape index (κ2) is 5.05. The highest BCUT2D eigenvalue weighted by Crippen LogP contribution is 2.41. The van der Waals surface area contributed by atoms with Crippen LogP contribution in [0, 0.1) is 11.8 Å². The van der Waals surface area contributed by atoms with E-state index in [2.05, 4.69) is 64.3 Å². The number of likely N-dealkylation sites (N-methyl/N-ethyl adjacent to an activating group) is 1. The van der Waals surface area contributed by atoms with Crippen LogP contribution in [0.25, 0.3) is 0 Å². The molecule has 0 spiro atoms. The lowest BCUT2D eigenvalue weighted by molar-refractivity contribution is 0.479. The van der Waals surface area contributed by atoms with E-state index in [4.69, 9.17) is 0 Å². The zero-order valence-corrected chi connectivity index (χ0v) is 12.5. The lowest BCUT2D eigenvalue weighted by atomic mass is 9.86. The van der Waals surface area contributed by atoms with Gasteiger partial charge in [-0.3, -0.25) is 0 Å². The number of nitrogens with one attached hydrogen (secondary N) is 1. The molecule has 0 saturated heterocycles. The molecule has 0 aromatic heterocycles. The summed E-state index contributed by atoms with van der Waals surface area (Å²) in [7, 11) is 2.10. The summed E-state index contributed by atoms with van der Waals surface area (Å²) < 4.78 is 0. The average molecular weight is 245 g/mol. The summed E-state index contributed by atoms with van der Waals surface area (Å²) in [6, 6.07) is 9.84. The fourth-order valence-corrected chi connectivity index (χ4v) is 2.77. The van der Waals surface area contributed by atoms with Crippen LogP contribution in [-0.2, 0) is 11.8 Å². The molecule has 2 rings (SSSR count). The molecule has 1 fully saturated rings. The van der Waals surface area contributed by atoms with E-state index in [1.54, 1.807) is 0 Å². The molecule has 100 valence electrons. The van der Waals surface area contributed by atoms with E-state index in [1.165, 1.54) is 17.5 Å². The number of benzene rings is 1. The maximum atomic E-state index is 3.49. The maximum absolute atomic E-state index is 3.49. The van der Waals surface area contributed by atoms with Gasteiger partial charge in [-0.05, 0) is 48.3 Å². The minimum absolute atomic E-state index is 0.256. The van der Waals surface area contributed by atoms with Gasteiger partial charge >= 0.3 is 0 Å². The summed E-state index contributed by atoms with van der Waals surface area (Å²) in [5, 5.41) is 3.49. The minimum Gasteiger partial charge on any atom is -0.316 e. The Bertz CT molecular complexity index is 385. The number of rotatable bonds is 4. The Labute approximate surface area is 112 Å². The van der Waals surface area contributed by atoms with Crippen molar-refractivity contribution in [1.29, 1.82) is 0 Å². The van der Waals surface area contributed by atoms with Crippen molar-refractivity contribution in [1.82, 2.24) is 5.32 Å². The third-order valence-corrected chi connectivity index (χ3v) is 4.33. The van der Waals surface area contributed by atoms with E-state index in [0.29, 0.717) is 6.04 Å². The average Bonchev–Trinajstić information content (AvgIpc) is 3.02. The van der Waals surface area contributed by atoms with E-state index in [-0.39, 0.29) is 5.41 Å². The second-order valence-corrected chi connectivity index (χ2v) is 6.92. The highest BCUT2D eigenvalue weighted by atomic mass is 14.9. The van der Waals surface area contributed by atoms with Gasteiger partial charge in [0.2, 0.25) is 0 Å². The highest BCUT2D eigenvalue weighted by Gasteiger charge is 2.38. The maximum Gasteiger partial charge on any atom is 0.0135 e. The molecule has 1 aliphatic carbocycles. The predicted octanol–water partition coefficient (Wildman–Crippen LogP) is 3.77. The van der Waals surface area contributed by atoms with Crippen molar-refractivity contribution >= 4 is 0 Å². The highest BCUT2D eigenvalue weighted by molar-refractivity contribution is 5.28. The lowest BCUT2D eigenvalue weighted by Gasteiger charge is -2.20. The van der Waals surface area contributed by atoms with Crippen LogP contribution in [0.2, 0.25) is 0 Å². The first kappa shape index (κ1) is 13.6. The summed E-state index contributed by atoms with van der Waals surface area (Å²) in [6.45, 7) is 9.16. The normalized spacial score (nSPS) is 24.9. The smallest absolute Gasteiger partial charge is 0.0135 e. The van der Waals surface area contributed by atoms with E-state index < -0.39 is 0 Å². The Hall–Kier alpha value is -0.820. The fourth-order valence-electron chi connectivity index (χ4n) is 2.77. The van der Waals surface area contributed by atoms with Crippen LogP contribution in [0.3, 0.4) is 0 Å². The standard InChI is InChI=1S/C17H27N/c1-12-10-15(12)16(18-5)11-13-6-8-14(9-7-13)17(2,3)4/h6-9,12,15-16,18H,10-11H2,1-5H3. The fraction of sp³-hybridized carbons (Fsp3) is 0.647. The van der Waals surface area contributed by atoms with Crippen molar-refractivity contribution in [3.05, 3.63) is 35.4 Å². The molecule has 3 unspecified atom stereocenters. The number of hydrogen-bond acceptors (Lipinski definition) is 1. The van der Waals surface area contributed by atoms with Gasteiger partial charge in [-0.2, -0.15) is 0 Å². The second-order valence-electron chi connectivity index (χ2n) is 6.92. The molecule has 0 bridgehead atoms. The van der Waals surface area contributed by atoms with Gasteiger partial charge in [0.25, 0.3) is 0 Å². The van der Waals surface area contributed by atoms with Crippen molar-refractivity contribution in [2.45, 2.75) is 52.0 Å². The first-order valence-electron chi connectivity index (χ1n) is 7.18. The molecule has 1 N–H and O–H groups in total. The summed E-state index contributed by atoms with van der Waals surface area (Å²) >= 11 is 0. The lowest BCUT2D eigenvalue weighted by Crippen LogP contribution is -2.30. The van der Waals surface area contributed by atoms with E-state index >= 15 is 0 Å². The quantitative estimate of drug-likeness (QED) is 0.851. The van der Waals surface area contributed by atoms with Crippen LogP contribution >= 0.6 is 0 Å². The molecule has 18 heavy (non-hydrogen) atoms. The molecule has 1 heteroatoms. The van der Waals surface area contributed by atoms with Crippen LogP contribution in [0.4, 0.5) is 0 Å². The molecule has 0 amide bonds. The number of hydrogen-bond donors (Lipinski definition) is 1. The molecule has 0 heterocycles. The Morgan fingerprint density at radius 3 is 2.17 bits per heavy atom. The predicted molar refractivity (Wildman–Crippen MR) is 79.0 cm³/mol. The molecule has 0 aliphatic heterocycles. The van der Waals surface area contributed by atoms with Crippen molar-refractivity contribution in [2.75, 3.05) is 7.05 Å². The van der Waals surface area contributed by atoms with E-state index in [9.17, 15) is 0 Å². The minimum atomic E-state index is 0.256. The molecule has 1 nitrogen and oxygen atoms in total. The SMILES string of the molecule is CNC(Cc1ccc(C(C)(C)C)cc1)C1CC1C. The summed E-state index contributed by atoms with van der Waals surface area (Å²) in [5.74, 6) is 1.80. The molecule has 1 aromatic carbocycles. The van der Waals surface area contributed by atoms with Gasteiger partial charge in [0.05, 0.1) is 0 Å². The Balaban J connectivity index is 2.01. The molecule has 1 aliphatic rings. The summed E-state index contributed by atoms with van der Waals surface area (Å²) in [6.07, 6.45) is 2.56. The molecule has 0 radical (unpaired) electrons. The first-order valence-corrected chi connectivity index (χ1v) is 7.18. The van der Waals surface area contributed by atoms with Gasteiger partial charge in [0.1, 0.15) is 0 Å². The Morgan fingerprint density at radius 2 is 1.78 bits per heavy atom. The molecular weight excluding hydrogens is 218 g/mol. The molecule has 3 atom stereocenters. The molecule has 1 saturated carbocycles. The first-order chi connectivity index (χ1) is 8.41. The third kappa shape index (κ3) is 3.14. The van der Waals surface area contributed by atoms with Crippen LogP contribution in [0.15, 0.2) is 24.3 Å². The van der Waals surface area contributed by atoms with E-state index in [0.717, 1.165) is 18.3 Å². The Kier molecular flexibility index (Phi) is 3.82. The van der Waals surface area contributed by atoms with Gasteiger partial charge in [-0.1, -0.05) is 52.0 Å². The van der Waals surface area contributed by atoms with Crippen LogP contribution in [0.5, 0.6) is 0 Å². The van der Waals surface area contributed by atoms with Gasteiger partial charge in [-0.25, -0.2) is 0 Å². The zero-order valence-electron chi connectivity index (χ0n) is 12.5.